The molecule has 3 aromatic rings. The summed E-state index contributed by atoms with van der Waals surface area (Å²) in [6.45, 7) is 0.754. The van der Waals surface area contributed by atoms with Crippen LogP contribution < -0.4 is 5.73 Å². The van der Waals surface area contributed by atoms with Crippen molar-refractivity contribution in [2.75, 3.05) is 6.54 Å². The van der Waals surface area contributed by atoms with Crippen LogP contribution >= 0.6 is 0 Å². The molecule has 0 aliphatic heterocycles. The Morgan fingerprint density at radius 3 is 2.84 bits per heavy atom. The smallest absolute Gasteiger partial charge is 0.165 e. The van der Waals surface area contributed by atoms with Gasteiger partial charge in [-0.3, -0.25) is 9.67 Å². The molecule has 0 unspecified atom stereocenters. The van der Waals surface area contributed by atoms with E-state index in [-0.39, 0.29) is 5.82 Å². The second kappa shape index (κ2) is 5.39. The average Bonchev–Trinajstić information content (AvgIpc) is 3.20. The van der Waals surface area contributed by atoms with Gasteiger partial charge in [0.2, 0.25) is 0 Å². The van der Waals surface area contributed by atoms with Crippen molar-refractivity contribution in [2.24, 2.45) is 18.7 Å². The fourth-order valence-electron chi connectivity index (χ4n) is 4.03. The zero-order valence-electron chi connectivity index (χ0n) is 14.3. The number of rotatable bonds is 4. The second-order valence-corrected chi connectivity index (χ2v) is 7.55. The highest BCUT2D eigenvalue weighted by atomic mass is 19.1. The van der Waals surface area contributed by atoms with Gasteiger partial charge in [-0.1, -0.05) is 0 Å². The maximum Gasteiger partial charge on any atom is 0.165 e. The Labute approximate surface area is 145 Å². The molecule has 0 aromatic carbocycles. The number of hydrogen-bond donors (Lipinski definition) is 1. The summed E-state index contributed by atoms with van der Waals surface area (Å²) in [6.07, 6.45) is 9.90. The lowest BCUT2D eigenvalue weighted by atomic mass is 9.80. The minimum atomic E-state index is -0.281. The Balaban J connectivity index is 1.62. The molecule has 0 bridgehead atoms. The van der Waals surface area contributed by atoms with Crippen molar-refractivity contribution < 1.29 is 4.39 Å². The van der Waals surface area contributed by atoms with E-state index in [9.17, 15) is 4.39 Å². The molecular weight excluding hydrogens is 317 g/mol. The highest BCUT2D eigenvalue weighted by Gasteiger charge is 2.35. The molecule has 6 heteroatoms. The summed E-state index contributed by atoms with van der Waals surface area (Å²) in [5.74, 6) is 0.857. The summed E-state index contributed by atoms with van der Waals surface area (Å²) >= 11 is 0. The predicted octanol–water partition coefficient (Wildman–Crippen LogP) is 3.36. The first-order chi connectivity index (χ1) is 12.2. The van der Waals surface area contributed by atoms with Crippen LogP contribution in [0.25, 0.3) is 22.2 Å². The number of nitrogens with two attached hydrogens (primary N) is 1. The molecular formula is C19H22FN5. The van der Waals surface area contributed by atoms with E-state index in [4.69, 9.17) is 10.8 Å². The molecule has 3 heterocycles. The van der Waals surface area contributed by atoms with Gasteiger partial charge in [0, 0.05) is 36.3 Å². The van der Waals surface area contributed by atoms with Gasteiger partial charge in [-0.15, -0.1) is 0 Å². The van der Waals surface area contributed by atoms with Gasteiger partial charge in [0.1, 0.15) is 0 Å². The molecule has 0 spiro atoms. The van der Waals surface area contributed by atoms with Crippen molar-refractivity contribution in [1.82, 2.24) is 19.3 Å². The van der Waals surface area contributed by atoms with E-state index in [1.54, 1.807) is 0 Å². The van der Waals surface area contributed by atoms with E-state index < -0.39 is 0 Å². The van der Waals surface area contributed by atoms with Gasteiger partial charge >= 0.3 is 0 Å². The number of nitrogens with zero attached hydrogens (tertiary/aromatic N) is 4. The van der Waals surface area contributed by atoms with Gasteiger partial charge < -0.3 is 10.3 Å². The quantitative estimate of drug-likeness (QED) is 0.793. The van der Waals surface area contributed by atoms with Crippen molar-refractivity contribution in [2.45, 2.75) is 37.6 Å². The third kappa shape index (κ3) is 2.31. The van der Waals surface area contributed by atoms with Crippen LogP contribution in [0.4, 0.5) is 4.39 Å². The Kier molecular flexibility index (Phi) is 3.25. The van der Waals surface area contributed by atoms with Crippen LogP contribution in [0.3, 0.4) is 0 Å². The first kappa shape index (κ1) is 15.1. The highest BCUT2D eigenvalue weighted by molar-refractivity contribution is 5.94. The molecule has 2 aliphatic rings. The third-order valence-corrected chi connectivity index (χ3v) is 5.76. The second-order valence-electron chi connectivity index (χ2n) is 7.55. The van der Waals surface area contributed by atoms with Gasteiger partial charge in [0.15, 0.2) is 5.82 Å². The van der Waals surface area contributed by atoms with Crippen LogP contribution in [-0.4, -0.2) is 25.9 Å². The Bertz CT molecular complexity index is 946. The van der Waals surface area contributed by atoms with E-state index in [2.05, 4.69) is 15.9 Å². The van der Waals surface area contributed by atoms with Crippen LogP contribution in [0.1, 0.15) is 43.3 Å². The molecule has 2 N–H and O–H groups in total. The molecule has 0 radical (unpaired) electrons. The van der Waals surface area contributed by atoms with Gasteiger partial charge in [-0.2, -0.15) is 5.10 Å². The van der Waals surface area contributed by atoms with Crippen molar-refractivity contribution in [3.8, 4) is 11.3 Å². The molecule has 25 heavy (non-hydrogen) atoms. The molecule has 2 fully saturated rings. The number of pyridine rings is 1. The molecule has 5 nitrogen and oxygen atoms in total. The zero-order valence-corrected chi connectivity index (χ0v) is 14.3. The van der Waals surface area contributed by atoms with Crippen LogP contribution in [0, 0.1) is 11.7 Å². The summed E-state index contributed by atoms with van der Waals surface area (Å²) in [4.78, 5) is 4.45. The molecule has 3 aromatic heterocycles. The largest absolute Gasteiger partial charge is 0.348 e. The first-order valence-electron chi connectivity index (χ1n) is 9.04. The van der Waals surface area contributed by atoms with Crippen LogP contribution in [0.2, 0.25) is 0 Å². The summed E-state index contributed by atoms with van der Waals surface area (Å²) < 4.78 is 18.1. The van der Waals surface area contributed by atoms with E-state index in [0.29, 0.717) is 23.4 Å². The van der Waals surface area contributed by atoms with Crippen LogP contribution in [-0.2, 0) is 7.05 Å². The molecule has 0 amide bonds. The normalized spacial score (nSPS) is 23.2. The van der Waals surface area contributed by atoms with Gasteiger partial charge in [0.05, 0.1) is 29.1 Å². The van der Waals surface area contributed by atoms with E-state index >= 15 is 0 Å². The SMILES string of the molecule is Cn1ccc2c(-c3cn([C@H]4C[C@H](CN)C4)nc3C3CC3)ncc(F)c21. The number of aryl methyl sites for hydroxylation is 1. The predicted molar refractivity (Wildman–Crippen MR) is 94.7 cm³/mol. The fraction of sp³-hybridized carbons (Fsp3) is 0.474. The Morgan fingerprint density at radius 2 is 2.12 bits per heavy atom. The van der Waals surface area contributed by atoms with Crippen molar-refractivity contribution in [3.63, 3.8) is 0 Å². The van der Waals surface area contributed by atoms with E-state index in [0.717, 1.165) is 41.7 Å². The lowest BCUT2D eigenvalue weighted by Crippen LogP contribution is -2.32. The Hall–Kier alpha value is -2.21. The van der Waals surface area contributed by atoms with Crippen LogP contribution in [0.5, 0.6) is 0 Å². The number of aromatic nitrogens is 4. The summed E-state index contributed by atoms with van der Waals surface area (Å²) in [5.41, 5.74) is 9.40. The number of hydrogen-bond acceptors (Lipinski definition) is 3. The van der Waals surface area contributed by atoms with Crippen LogP contribution in [0.15, 0.2) is 24.7 Å². The third-order valence-electron chi connectivity index (χ3n) is 5.76. The molecule has 5 rings (SSSR count). The average molecular weight is 339 g/mol. The fourth-order valence-corrected chi connectivity index (χ4v) is 4.03. The van der Waals surface area contributed by atoms with E-state index in [1.807, 2.05) is 23.9 Å². The minimum absolute atomic E-state index is 0.281. The monoisotopic (exact) mass is 339 g/mol. The molecule has 2 saturated carbocycles. The Morgan fingerprint density at radius 1 is 1.32 bits per heavy atom. The standard InChI is InChI=1S/C19H22FN5/c1-24-5-4-14-18(22-9-16(20)19(14)24)15-10-25(13-6-11(7-13)8-21)23-17(15)12-2-3-12/h4-5,9-13H,2-3,6-8,21H2,1H3/t11-,13-. The molecule has 0 atom stereocenters. The summed E-state index contributed by atoms with van der Waals surface area (Å²) in [6, 6.07) is 2.38. The number of fused-ring (bicyclic) bond motifs is 1. The zero-order chi connectivity index (χ0) is 17.1. The van der Waals surface area contributed by atoms with Gasteiger partial charge in [-0.05, 0) is 44.2 Å². The molecule has 2 aliphatic carbocycles. The summed E-state index contributed by atoms with van der Waals surface area (Å²) in [7, 11) is 1.86. The molecule has 0 saturated heterocycles. The maximum absolute atomic E-state index is 14.2. The van der Waals surface area contributed by atoms with Crippen molar-refractivity contribution >= 4 is 10.9 Å². The van der Waals surface area contributed by atoms with Crippen molar-refractivity contribution in [3.05, 3.63) is 36.2 Å². The molecule has 130 valence electrons. The van der Waals surface area contributed by atoms with E-state index in [1.165, 1.54) is 19.0 Å². The highest BCUT2D eigenvalue weighted by Crippen LogP contribution is 2.46. The van der Waals surface area contributed by atoms with Crippen molar-refractivity contribution in [1.29, 1.82) is 0 Å². The maximum atomic E-state index is 14.2. The lowest BCUT2D eigenvalue weighted by Gasteiger charge is -2.34. The van der Waals surface area contributed by atoms with Gasteiger partial charge in [0.25, 0.3) is 0 Å². The lowest BCUT2D eigenvalue weighted by molar-refractivity contribution is 0.189. The number of halogens is 1. The first-order valence-corrected chi connectivity index (χ1v) is 9.04. The topological polar surface area (TPSA) is 61.7 Å². The minimum Gasteiger partial charge on any atom is -0.348 e. The van der Waals surface area contributed by atoms with Gasteiger partial charge in [-0.25, -0.2) is 4.39 Å². The summed E-state index contributed by atoms with van der Waals surface area (Å²) in [5, 5.41) is 5.77.